The van der Waals surface area contributed by atoms with Gasteiger partial charge in [-0.05, 0) is 25.7 Å². The number of hydrogen-bond acceptors (Lipinski definition) is 6. The summed E-state index contributed by atoms with van der Waals surface area (Å²) in [6.07, 6.45) is 1.40. The Bertz CT molecular complexity index is 809. The van der Waals surface area contributed by atoms with E-state index in [1.807, 2.05) is 0 Å². The van der Waals surface area contributed by atoms with Crippen LogP contribution in [0.15, 0.2) is 12.4 Å². The van der Waals surface area contributed by atoms with E-state index < -0.39 is 11.9 Å². The summed E-state index contributed by atoms with van der Waals surface area (Å²) >= 11 is 0. The van der Waals surface area contributed by atoms with E-state index >= 15 is 0 Å². The molecule has 0 spiro atoms. The maximum absolute atomic E-state index is 12.3. The molecule has 0 saturated carbocycles. The van der Waals surface area contributed by atoms with Gasteiger partial charge < -0.3 is 24.2 Å². The number of methoxy groups -OCH3 is 1. The molecule has 4 heterocycles. The van der Waals surface area contributed by atoms with Gasteiger partial charge in [0.05, 0.1) is 19.5 Å². The number of imidazole rings is 2. The van der Waals surface area contributed by atoms with Crippen LogP contribution in [0.25, 0.3) is 0 Å². The van der Waals surface area contributed by atoms with Gasteiger partial charge in [0.15, 0.2) is 0 Å². The highest BCUT2D eigenvalue weighted by Gasteiger charge is 2.34. The summed E-state index contributed by atoms with van der Waals surface area (Å²) in [5.41, 5.74) is -0.358. The van der Waals surface area contributed by atoms with Crippen molar-refractivity contribution in [2.75, 3.05) is 33.5 Å². The van der Waals surface area contributed by atoms with Gasteiger partial charge in [-0.25, -0.2) is 14.8 Å². The van der Waals surface area contributed by atoms with Crippen molar-refractivity contribution in [3.8, 4) is 0 Å². The Morgan fingerprint density at radius 3 is 1.93 bits per heavy atom. The Hall–Kier alpha value is -2.40. The molecule has 4 rings (SSSR count). The summed E-state index contributed by atoms with van der Waals surface area (Å²) in [4.78, 5) is 24.5. The van der Waals surface area contributed by atoms with E-state index in [1.165, 1.54) is 13.3 Å². The molecule has 0 bridgehead atoms. The van der Waals surface area contributed by atoms with Crippen LogP contribution < -0.4 is 0 Å². The van der Waals surface area contributed by atoms with Crippen molar-refractivity contribution in [2.24, 2.45) is 0 Å². The summed E-state index contributed by atoms with van der Waals surface area (Å²) in [5, 5.41) is 0. The van der Waals surface area contributed by atoms with Crippen LogP contribution in [0.1, 0.15) is 65.4 Å². The minimum atomic E-state index is -4.34. The van der Waals surface area contributed by atoms with Crippen LogP contribution >= 0.6 is 0 Å². The minimum Gasteiger partial charge on any atom is -0.464 e. The number of esters is 1. The van der Waals surface area contributed by atoms with Crippen LogP contribution in [0.3, 0.4) is 0 Å². The average molecular weight is 430 g/mol. The SMILES string of the molecule is COC(=O)c1cnc(C2CCOCC2)[nH]1.FC(F)(F)c1cnc(C2CCOCC2)[nH]1. The monoisotopic (exact) mass is 430 g/mol. The van der Waals surface area contributed by atoms with Crippen LogP contribution in [0, 0.1) is 0 Å². The van der Waals surface area contributed by atoms with E-state index in [2.05, 4.69) is 24.7 Å². The molecule has 0 amide bonds. The summed E-state index contributed by atoms with van der Waals surface area (Å²) in [6, 6.07) is 0. The number of H-pyrrole nitrogens is 2. The smallest absolute Gasteiger partial charge is 0.432 e. The van der Waals surface area contributed by atoms with E-state index in [-0.39, 0.29) is 11.9 Å². The lowest BCUT2D eigenvalue weighted by molar-refractivity contribution is -0.141. The number of nitrogens with one attached hydrogen (secondary N) is 2. The fourth-order valence-corrected chi connectivity index (χ4v) is 3.39. The molecule has 166 valence electrons. The molecule has 2 aliphatic rings. The Morgan fingerprint density at radius 1 is 0.967 bits per heavy atom. The van der Waals surface area contributed by atoms with Crippen LogP contribution in [0.5, 0.6) is 0 Å². The highest BCUT2D eigenvalue weighted by atomic mass is 19.4. The van der Waals surface area contributed by atoms with Gasteiger partial charge >= 0.3 is 12.1 Å². The lowest BCUT2D eigenvalue weighted by Crippen LogP contribution is -2.15. The molecule has 2 fully saturated rings. The van der Waals surface area contributed by atoms with Crippen molar-refractivity contribution in [3.05, 3.63) is 35.4 Å². The maximum atomic E-state index is 12.3. The zero-order chi connectivity index (χ0) is 21.6. The van der Waals surface area contributed by atoms with E-state index in [9.17, 15) is 18.0 Å². The normalized spacial score (nSPS) is 18.5. The lowest BCUT2D eigenvalue weighted by Gasteiger charge is -2.19. The molecule has 0 atom stereocenters. The Balaban J connectivity index is 0.000000171. The van der Waals surface area contributed by atoms with Crippen LogP contribution in [-0.2, 0) is 20.4 Å². The maximum Gasteiger partial charge on any atom is 0.432 e. The number of aromatic amines is 2. The molecule has 2 N–H and O–H groups in total. The molecule has 2 saturated heterocycles. The van der Waals surface area contributed by atoms with Crippen LogP contribution in [-0.4, -0.2) is 59.4 Å². The third kappa shape index (κ3) is 5.82. The van der Waals surface area contributed by atoms with Crippen molar-refractivity contribution >= 4 is 5.97 Å². The zero-order valence-electron chi connectivity index (χ0n) is 16.6. The number of carbonyl (C=O) groups excluding carboxylic acids is 1. The largest absolute Gasteiger partial charge is 0.464 e. The Kier molecular flexibility index (Phi) is 7.48. The molecule has 11 heteroatoms. The van der Waals surface area contributed by atoms with Gasteiger partial charge in [-0.1, -0.05) is 0 Å². The molecule has 0 radical (unpaired) electrons. The van der Waals surface area contributed by atoms with Crippen molar-refractivity contribution < 1.29 is 32.2 Å². The molecule has 2 aromatic heterocycles. The summed E-state index contributed by atoms with van der Waals surface area (Å²) in [5.74, 6) is 1.34. The van der Waals surface area contributed by atoms with Gasteiger partial charge in [-0.15, -0.1) is 0 Å². The second-order valence-corrected chi connectivity index (χ2v) is 7.13. The van der Waals surface area contributed by atoms with Crippen molar-refractivity contribution in [1.29, 1.82) is 0 Å². The van der Waals surface area contributed by atoms with Crippen LogP contribution in [0.4, 0.5) is 13.2 Å². The summed E-state index contributed by atoms with van der Waals surface area (Å²) < 4.78 is 51.8. The third-order valence-electron chi connectivity index (χ3n) is 5.12. The lowest BCUT2D eigenvalue weighted by atomic mass is 10.00. The molecule has 0 unspecified atom stereocenters. The zero-order valence-corrected chi connectivity index (χ0v) is 16.6. The Morgan fingerprint density at radius 2 is 1.47 bits per heavy atom. The summed E-state index contributed by atoms with van der Waals surface area (Å²) in [7, 11) is 1.36. The van der Waals surface area contributed by atoms with Crippen molar-refractivity contribution in [2.45, 2.75) is 43.7 Å². The van der Waals surface area contributed by atoms with Crippen molar-refractivity contribution in [1.82, 2.24) is 19.9 Å². The first kappa shape index (κ1) is 22.3. The first-order chi connectivity index (χ1) is 14.4. The van der Waals surface area contributed by atoms with Gasteiger partial charge in [-0.2, -0.15) is 13.2 Å². The molecule has 2 aliphatic heterocycles. The highest BCUT2D eigenvalue weighted by molar-refractivity contribution is 5.86. The van der Waals surface area contributed by atoms with Crippen molar-refractivity contribution in [3.63, 3.8) is 0 Å². The fraction of sp³-hybridized carbons (Fsp3) is 0.632. The molecule has 0 aromatic carbocycles. The second kappa shape index (κ2) is 10.1. The average Bonchev–Trinajstić information content (AvgIpc) is 3.45. The predicted octanol–water partition coefficient (Wildman–Crippen LogP) is 3.41. The van der Waals surface area contributed by atoms with Gasteiger partial charge in [0.1, 0.15) is 23.0 Å². The number of hydrogen-bond donors (Lipinski definition) is 2. The number of nitrogens with zero attached hydrogens (tertiary/aromatic N) is 2. The number of ether oxygens (including phenoxy) is 3. The van der Waals surface area contributed by atoms with Gasteiger partial charge in [0.25, 0.3) is 0 Å². The number of halogens is 3. The molecule has 30 heavy (non-hydrogen) atoms. The molecular weight excluding hydrogens is 405 g/mol. The predicted molar refractivity (Wildman–Crippen MR) is 99.1 cm³/mol. The first-order valence-electron chi connectivity index (χ1n) is 9.79. The Labute approximate surface area is 171 Å². The quantitative estimate of drug-likeness (QED) is 0.724. The first-order valence-corrected chi connectivity index (χ1v) is 9.79. The van der Waals surface area contributed by atoms with E-state index in [1.54, 1.807) is 0 Å². The molecule has 8 nitrogen and oxygen atoms in total. The van der Waals surface area contributed by atoms with E-state index in [0.717, 1.165) is 50.9 Å². The number of carbonyl (C=O) groups is 1. The van der Waals surface area contributed by atoms with Gasteiger partial charge in [-0.3, -0.25) is 0 Å². The number of aromatic nitrogens is 4. The highest BCUT2D eigenvalue weighted by Crippen LogP contribution is 2.31. The molecular formula is C19H25F3N4O4. The second-order valence-electron chi connectivity index (χ2n) is 7.13. The fourth-order valence-electron chi connectivity index (χ4n) is 3.39. The summed E-state index contributed by atoms with van der Waals surface area (Å²) in [6.45, 7) is 2.71. The standard InChI is InChI=1S/C10H14N2O3.C9H11F3N2O/c1-14-10(13)8-6-11-9(12-8)7-2-4-15-5-3-7;10-9(11,12)7-5-13-8(14-7)6-1-3-15-4-2-6/h6-7H,2-5H2,1H3,(H,11,12);5-6H,1-4H2,(H,13,14). The van der Waals surface area contributed by atoms with E-state index in [0.29, 0.717) is 30.7 Å². The topological polar surface area (TPSA) is 102 Å². The van der Waals surface area contributed by atoms with E-state index in [4.69, 9.17) is 9.47 Å². The minimum absolute atomic E-state index is 0.0647. The number of rotatable bonds is 3. The third-order valence-corrected chi connectivity index (χ3v) is 5.12. The van der Waals surface area contributed by atoms with Crippen LogP contribution in [0.2, 0.25) is 0 Å². The molecule has 2 aromatic rings. The van der Waals surface area contributed by atoms with Gasteiger partial charge in [0, 0.05) is 38.3 Å². The van der Waals surface area contributed by atoms with Gasteiger partial charge in [0.2, 0.25) is 0 Å². The number of alkyl halides is 3. The molecule has 0 aliphatic carbocycles.